The van der Waals surface area contributed by atoms with Crippen LogP contribution in [0.25, 0.3) is 0 Å². The summed E-state index contributed by atoms with van der Waals surface area (Å²) >= 11 is 0. The van der Waals surface area contributed by atoms with Gasteiger partial charge < -0.3 is 15.2 Å². The Morgan fingerprint density at radius 3 is 2.21 bits per heavy atom. The van der Waals surface area contributed by atoms with Crippen LogP contribution in [-0.2, 0) is 13.0 Å². The van der Waals surface area contributed by atoms with Crippen LogP contribution in [0.4, 0.5) is 4.39 Å². The first-order valence-corrected chi connectivity index (χ1v) is 9.14. The summed E-state index contributed by atoms with van der Waals surface area (Å²) in [6.07, 6.45) is 2.72. The fraction of sp³-hybridized carbons (Fsp3) is 0.182. The van der Waals surface area contributed by atoms with Gasteiger partial charge in [-0.2, -0.15) is 0 Å². The van der Waals surface area contributed by atoms with Crippen LogP contribution in [0.15, 0.2) is 72.9 Å². The van der Waals surface area contributed by atoms with Crippen molar-refractivity contribution < 1.29 is 14.0 Å². The van der Waals surface area contributed by atoms with E-state index in [0.717, 1.165) is 6.42 Å². The van der Waals surface area contributed by atoms with Crippen LogP contribution in [0, 0.1) is 5.82 Å². The lowest BCUT2D eigenvalue weighted by Crippen LogP contribution is -2.35. The zero-order valence-electron chi connectivity index (χ0n) is 15.4. The van der Waals surface area contributed by atoms with Gasteiger partial charge in [-0.15, -0.1) is 0 Å². The average molecular weight is 379 g/mol. The molecule has 2 N–H and O–H groups in total. The monoisotopic (exact) mass is 379 g/mol. The number of nitrogens with zero attached hydrogens (tertiary/aromatic N) is 1. The van der Waals surface area contributed by atoms with Gasteiger partial charge in [0, 0.05) is 31.4 Å². The molecule has 0 spiro atoms. The minimum absolute atomic E-state index is 0.186. The molecule has 0 saturated carbocycles. The number of amides is 2. The molecule has 28 heavy (non-hydrogen) atoms. The molecule has 2 aromatic carbocycles. The first-order chi connectivity index (χ1) is 13.6. The number of hydrogen-bond acceptors (Lipinski definition) is 2. The zero-order chi connectivity index (χ0) is 19.8. The number of aryl methyl sites for hydroxylation is 2. The Hall–Kier alpha value is -3.41. The van der Waals surface area contributed by atoms with Crippen molar-refractivity contribution >= 4 is 11.8 Å². The van der Waals surface area contributed by atoms with Gasteiger partial charge in [-0.25, -0.2) is 4.39 Å². The fourth-order valence-corrected chi connectivity index (χ4v) is 2.86. The molecule has 0 saturated heterocycles. The van der Waals surface area contributed by atoms with Gasteiger partial charge in [0.2, 0.25) is 0 Å². The Balaban J connectivity index is 1.44. The summed E-state index contributed by atoms with van der Waals surface area (Å²) in [4.78, 5) is 24.4. The maximum Gasteiger partial charge on any atom is 0.267 e. The van der Waals surface area contributed by atoms with Gasteiger partial charge in [0.05, 0.1) is 0 Å². The van der Waals surface area contributed by atoms with Crippen LogP contribution in [0.1, 0.15) is 26.4 Å². The van der Waals surface area contributed by atoms with E-state index in [4.69, 9.17) is 0 Å². The molecule has 0 aliphatic rings. The SMILES string of the molecule is O=C(NCCNC(=O)c1cccn1CCc1ccccc1)c1ccc(F)cc1. The first kappa shape index (κ1) is 19.4. The smallest absolute Gasteiger partial charge is 0.267 e. The lowest BCUT2D eigenvalue weighted by molar-refractivity contribution is 0.0922. The molecule has 5 nitrogen and oxygen atoms in total. The third-order valence-corrected chi connectivity index (χ3v) is 4.35. The van der Waals surface area contributed by atoms with Crippen LogP contribution in [0.2, 0.25) is 0 Å². The maximum atomic E-state index is 12.9. The van der Waals surface area contributed by atoms with E-state index in [1.54, 1.807) is 6.07 Å². The maximum absolute atomic E-state index is 12.9. The summed E-state index contributed by atoms with van der Waals surface area (Å²) in [6, 6.07) is 19.0. The second-order valence-corrected chi connectivity index (χ2v) is 6.34. The average Bonchev–Trinajstić information content (AvgIpc) is 3.19. The quantitative estimate of drug-likeness (QED) is 0.591. The lowest BCUT2D eigenvalue weighted by Gasteiger charge is -2.10. The van der Waals surface area contributed by atoms with E-state index in [1.165, 1.54) is 29.8 Å². The third kappa shape index (κ3) is 5.30. The van der Waals surface area contributed by atoms with E-state index in [-0.39, 0.29) is 24.2 Å². The second-order valence-electron chi connectivity index (χ2n) is 6.34. The number of rotatable bonds is 8. The van der Waals surface area contributed by atoms with Crippen molar-refractivity contribution in [3.8, 4) is 0 Å². The van der Waals surface area contributed by atoms with E-state index < -0.39 is 0 Å². The van der Waals surface area contributed by atoms with Gasteiger partial charge in [-0.3, -0.25) is 9.59 Å². The van der Waals surface area contributed by atoms with Crippen LogP contribution in [0.5, 0.6) is 0 Å². The number of halogens is 1. The first-order valence-electron chi connectivity index (χ1n) is 9.14. The Morgan fingerprint density at radius 1 is 0.821 bits per heavy atom. The predicted molar refractivity (Wildman–Crippen MR) is 106 cm³/mol. The number of nitrogens with one attached hydrogen (secondary N) is 2. The summed E-state index contributed by atoms with van der Waals surface area (Å²) in [5.74, 6) is -0.881. The van der Waals surface area contributed by atoms with Crippen molar-refractivity contribution in [3.63, 3.8) is 0 Å². The molecule has 3 rings (SSSR count). The van der Waals surface area contributed by atoms with Gasteiger partial charge in [0.25, 0.3) is 11.8 Å². The molecule has 3 aromatic rings. The Kier molecular flexibility index (Phi) is 6.57. The Morgan fingerprint density at radius 2 is 1.50 bits per heavy atom. The lowest BCUT2D eigenvalue weighted by atomic mass is 10.1. The Bertz CT molecular complexity index is 920. The van der Waals surface area contributed by atoms with E-state index in [0.29, 0.717) is 24.3 Å². The second kappa shape index (κ2) is 9.50. The third-order valence-electron chi connectivity index (χ3n) is 4.35. The van der Waals surface area contributed by atoms with Crippen LogP contribution < -0.4 is 10.6 Å². The van der Waals surface area contributed by atoms with Gasteiger partial charge in [0.1, 0.15) is 11.5 Å². The zero-order valence-corrected chi connectivity index (χ0v) is 15.4. The number of carbonyl (C=O) groups is 2. The number of benzene rings is 2. The van der Waals surface area contributed by atoms with Gasteiger partial charge >= 0.3 is 0 Å². The molecule has 144 valence electrons. The van der Waals surface area contributed by atoms with E-state index in [1.807, 2.05) is 35.0 Å². The molecule has 0 aliphatic carbocycles. The molecule has 0 bridgehead atoms. The number of aromatic nitrogens is 1. The number of carbonyl (C=O) groups excluding carboxylic acids is 2. The molecule has 6 heteroatoms. The summed E-state index contributed by atoms with van der Waals surface area (Å²) in [5, 5.41) is 5.50. The predicted octanol–water partition coefficient (Wildman–Crippen LogP) is 3.03. The van der Waals surface area contributed by atoms with Crippen molar-refractivity contribution in [1.29, 1.82) is 0 Å². The van der Waals surface area contributed by atoms with Crippen LogP contribution in [0.3, 0.4) is 0 Å². The highest BCUT2D eigenvalue weighted by Crippen LogP contribution is 2.07. The topological polar surface area (TPSA) is 63.1 Å². The van der Waals surface area contributed by atoms with Gasteiger partial charge in [-0.1, -0.05) is 30.3 Å². The number of hydrogen-bond donors (Lipinski definition) is 2. The minimum atomic E-state index is -0.390. The molecule has 0 unspecified atom stereocenters. The summed E-state index contributed by atoms with van der Waals surface area (Å²) in [5.41, 5.74) is 2.18. The van der Waals surface area contributed by atoms with Gasteiger partial charge in [-0.05, 0) is 48.4 Å². The van der Waals surface area contributed by atoms with Crippen molar-refractivity contribution in [1.82, 2.24) is 15.2 Å². The van der Waals surface area contributed by atoms with Crippen molar-refractivity contribution in [2.75, 3.05) is 13.1 Å². The molecule has 1 heterocycles. The summed E-state index contributed by atoms with van der Waals surface area (Å²) in [7, 11) is 0. The summed E-state index contributed by atoms with van der Waals surface area (Å²) < 4.78 is 14.8. The molecule has 0 radical (unpaired) electrons. The highest BCUT2D eigenvalue weighted by molar-refractivity contribution is 5.94. The highest BCUT2D eigenvalue weighted by Gasteiger charge is 2.11. The van der Waals surface area contributed by atoms with E-state index in [9.17, 15) is 14.0 Å². The molecular formula is C22H22FN3O2. The molecule has 0 aliphatic heterocycles. The normalized spacial score (nSPS) is 10.5. The standard InChI is InChI=1S/C22H22FN3O2/c23-19-10-8-18(9-11-19)21(27)24-13-14-25-22(28)20-7-4-15-26(20)16-12-17-5-2-1-3-6-17/h1-11,15H,12-14,16H2,(H,24,27)(H,25,28). The molecular weight excluding hydrogens is 357 g/mol. The molecule has 0 fully saturated rings. The minimum Gasteiger partial charge on any atom is -0.350 e. The van der Waals surface area contributed by atoms with Crippen molar-refractivity contribution in [2.24, 2.45) is 0 Å². The summed E-state index contributed by atoms with van der Waals surface area (Å²) in [6.45, 7) is 1.30. The van der Waals surface area contributed by atoms with Crippen LogP contribution in [-0.4, -0.2) is 29.5 Å². The highest BCUT2D eigenvalue weighted by atomic mass is 19.1. The van der Waals surface area contributed by atoms with Gasteiger partial charge in [0.15, 0.2) is 0 Å². The Labute approximate surface area is 163 Å². The van der Waals surface area contributed by atoms with E-state index >= 15 is 0 Å². The van der Waals surface area contributed by atoms with Crippen molar-refractivity contribution in [3.05, 3.63) is 95.6 Å². The fourth-order valence-electron chi connectivity index (χ4n) is 2.86. The van der Waals surface area contributed by atoms with Crippen LogP contribution >= 0.6 is 0 Å². The molecule has 1 aromatic heterocycles. The van der Waals surface area contributed by atoms with Crippen molar-refractivity contribution in [2.45, 2.75) is 13.0 Å². The van der Waals surface area contributed by atoms with E-state index in [2.05, 4.69) is 22.8 Å². The largest absolute Gasteiger partial charge is 0.350 e. The molecule has 2 amide bonds. The molecule has 0 atom stereocenters.